The van der Waals surface area contributed by atoms with Crippen molar-refractivity contribution in [1.82, 2.24) is 15.5 Å². The van der Waals surface area contributed by atoms with Crippen molar-refractivity contribution in [3.05, 3.63) is 84.0 Å². The van der Waals surface area contributed by atoms with Crippen molar-refractivity contribution in [3.63, 3.8) is 0 Å². The molecule has 0 aliphatic carbocycles. The third kappa shape index (κ3) is 4.49. The van der Waals surface area contributed by atoms with Crippen molar-refractivity contribution in [2.24, 2.45) is 0 Å². The highest BCUT2D eigenvalue weighted by Crippen LogP contribution is 2.17. The molecule has 7 nitrogen and oxygen atoms in total. The average Bonchev–Trinajstić information content (AvgIpc) is 3.25. The normalized spacial score (nSPS) is 10.7. The van der Waals surface area contributed by atoms with E-state index in [1.165, 1.54) is 24.3 Å². The number of ether oxygens (including phenoxy) is 1. The molecule has 0 saturated heterocycles. The Morgan fingerprint density at radius 3 is 2.57 bits per heavy atom. The number of benzene rings is 3. The molecule has 0 atom stereocenters. The number of nitrogens with zero attached hydrogens (tertiary/aromatic N) is 2. The van der Waals surface area contributed by atoms with Gasteiger partial charge in [-0.05, 0) is 47.2 Å². The first-order valence-electron chi connectivity index (χ1n) is 9.09. The van der Waals surface area contributed by atoms with E-state index in [1.54, 1.807) is 12.1 Å². The van der Waals surface area contributed by atoms with Gasteiger partial charge in [-0.3, -0.25) is 9.59 Å². The van der Waals surface area contributed by atoms with E-state index in [1.807, 2.05) is 30.3 Å². The number of hydrogen-bond acceptors (Lipinski definition) is 6. The maximum atomic E-state index is 13.0. The predicted molar refractivity (Wildman–Crippen MR) is 106 cm³/mol. The van der Waals surface area contributed by atoms with Gasteiger partial charge < -0.3 is 14.6 Å². The number of amides is 1. The van der Waals surface area contributed by atoms with Gasteiger partial charge in [-0.15, -0.1) is 0 Å². The largest absolute Gasteiger partial charge is 0.454 e. The Hall–Kier alpha value is -4.07. The molecule has 0 aliphatic rings. The van der Waals surface area contributed by atoms with Crippen LogP contribution in [0.2, 0.25) is 0 Å². The summed E-state index contributed by atoms with van der Waals surface area (Å²) in [6.07, 6.45) is 0. The molecule has 30 heavy (non-hydrogen) atoms. The minimum atomic E-state index is -0.648. The Labute approximate surface area is 170 Å². The molecule has 1 amide bonds. The summed E-state index contributed by atoms with van der Waals surface area (Å²) < 4.78 is 23.0. The fourth-order valence-corrected chi connectivity index (χ4v) is 2.81. The van der Waals surface area contributed by atoms with Crippen molar-refractivity contribution in [2.45, 2.75) is 6.61 Å². The smallest absolute Gasteiger partial charge is 0.325 e. The number of halogens is 1. The van der Waals surface area contributed by atoms with Gasteiger partial charge in [0.05, 0.1) is 0 Å². The summed E-state index contributed by atoms with van der Waals surface area (Å²) in [6, 6.07) is 18.5. The summed E-state index contributed by atoms with van der Waals surface area (Å²) in [5.74, 6) is -1.06. The van der Waals surface area contributed by atoms with Crippen molar-refractivity contribution < 1.29 is 23.2 Å². The van der Waals surface area contributed by atoms with Crippen molar-refractivity contribution in [3.8, 4) is 11.4 Å². The molecule has 0 fully saturated rings. The monoisotopic (exact) mass is 405 g/mol. The molecule has 0 unspecified atom stereocenters. The van der Waals surface area contributed by atoms with Crippen LogP contribution in [-0.4, -0.2) is 28.6 Å². The molecule has 0 spiro atoms. The second-order valence-electron chi connectivity index (χ2n) is 6.42. The molecular weight excluding hydrogens is 389 g/mol. The first-order valence-corrected chi connectivity index (χ1v) is 9.09. The number of carbonyl (C=O) groups excluding carboxylic acids is 2. The van der Waals surface area contributed by atoms with Crippen LogP contribution in [0.4, 0.5) is 4.39 Å². The first kappa shape index (κ1) is 19.3. The van der Waals surface area contributed by atoms with E-state index in [0.717, 1.165) is 10.8 Å². The van der Waals surface area contributed by atoms with Gasteiger partial charge in [0.1, 0.15) is 12.4 Å². The average molecular weight is 405 g/mol. The summed E-state index contributed by atoms with van der Waals surface area (Å²) in [4.78, 5) is 28.3. The van der Waals surface area contributed by atoms with Gasteiger partial charge in [0.2, 0.25) is 5.82 Å². The highest BCUT2D eigenvalue weighted by molar-refractivity contribution is 5.99. The summed E-state index contributed by atoms with van der Waals surface area (Å²) in [5.41, 5.74) is 1.02. The molecule has 1 aromatic heterocycles. The summed E-state index contributed by atoms with van der Waals surface area (Å²) in [7, 11) is 0. The topological polar surface area (TPSA) is 94.3 Å². The highest BCUT2D eigenvalue weighted by atomic mass is 19.1. The van der Waals surface area contributed by atoms with Crippen LogP contribution in [0.25, 0.3) is 22.2 Å². The minimum Gasteiger partial charge on any atom is -0.454 e. The second-order valence-corrected chi connectivity index (χ2v) is 6.42. The third-order valence-electron chi connectivity index (χ3n) is 4.33. The SMILES string of the molecule is O=C(CNC(=O)c1ccc2ccccc2c1)OCc1nc(-c2ccc(F)cc2)no1. The number of aromatic nitrogens is 2. The van der Waals surface area contributed by atoms with Gasteiger partial charge >= 0.3 is 5.97 Å². The van der Waals surface area contributed by atoms with Crippen molar-refractivity contribution >= 4 is 22.6 Å². The van der Waals surface area contributed by atoms with Crippen molar-refractivity contribution in [2.75, 3.05) is 6.54 Å². The summed E-state index contributed by atoms with van der Waals surface area (Å²) >= 11 is 0. The molecule has 1 N–H and O–H groups in total. The number of hydrogen-bond donors (Lipinski definition) is 1. The van der Waals surface area contributed by atoms with Gasteiger partial charge in [-0.2, -0.15) is 4.98 Å². The lowest BCUT2D eigenvalue weighted by atomic mass is 10.1. The van der Waals surface area contributed by atoms with Crippen LogP contribution in [0.15, 0.2) is 71.3 Å². The zero-order valence-electron chi connectivity index (χ0n) is 15.7. The molecule has 0 bridgehead atoms. The molecule has 0 saturated carbocycles. The lowest BCUT2D eigenvalue weighted by Crippen LogP contribution is -2.30. The Morgan fingerprint density at radius 2 is 1.77 bits per heavy atom. The molecule has 1 heterocycles. The number of carbonyl (C=O) groups is 2. The fraction of sp³-hybridized carbons (Fsp3) is 0.0909. The van der Waals surface area contributed by atoms with E-state index in [-0.39, 0.29) is 36.6 Å². The van der Waals surface area contributed by atoms with E-state index < -0.39 is 5.97 Å². The standard InChI is InChI=1S/C22H16FN3O4/c23-18-9-7-15(8-10-18)21-25-19(30-26-21)13-29-20(27)12-24-22(28)17-6-5-14-3-1-2-4-16(14)11-17/h1-11H,12-13H2,(H,24,28). The minimum absolute atomic E-state index is 0.0866. The Kier molecular flexibility index (Phi) is 5.47. The number of fused-ring (bicyclic) bond motifs is 1. The fourth-order valence-electron chi connectivity index (χ4n) is 2.81. The van der Waals surface area contributed by atoms with Gasteiger partial charge in [-0.25, -0.2) is 4.39 Å². The lowest BCUT2D eigenvalue weighted by molar-refractivity contribution is -0.144. The second kappa shape index (κ2) is 8.52. The predicted octanol–water partition coefficient (Wildman–Crippen LogP) is 3.50. The summed E-state index contributed by atoms with van der Waals surface area (Å²) in [6.45, 7) is -0.538. The third-order valence-corrected chi connectivity index (χ3v) is 4.33. The molecule has 0 aliphatic heterocycles. The van der Waals surface area contributed by atoms with Gasteiger partial charge in [0.15, 0.2) is 6.61 Å². The molecule has 8 heteroatoms. The molecule has 0 radical (unpaired) electrons. The summed E-state index contributed by atoms with van der Waals surface area (Å²) in [5, 5.41) is 8.24. The van der Waals surface area contributed by atoms with E-state index >= 15 is 0 Å². The van der Waals surface area contributed by atoms with Gasteiger partial charge in [0, 0.05) is 11.1 Å². The maximum absolute atomic E-state index is 13.0. The Balaban J connectivity index is 1.28. The molecule has 150 valence electrons. The van der Waals surface area contributed by atoms with Crippen LogP contribution in [-0.2, 0) is 16.1 Å². The molecule has 3 aromatic carbocycles. The van der Waals surface area contributed by atoms with E-state index in [4.69, 9.17) is 9.26 Å². The quantitative estimate of drug-likeness (QED) is 0.494. The lowest BCUT2D eigenvalue weighted by Gasteiger charge is -2.06. The van der Waals surface area contributed by atoms with Crippen LogP contribution >= 0.6 is 0 Å². The molecule has 4 aromatic rings. The zero-order chi connectivity index (χ0) is 20.9. The van der Waals surface area contributed by atoms with Crippen LogP contribution in [0, 0.1) is 5.82 Å². The molecular formula is C22H16FN3O4. The number of nitrogens with one attached hydrogen (secondary N) is 1. The van der Waals surface area contributed by atoms with Crippen LogP contribution in [0.3, 0.4) is 0 Å². The van der Waals surface area contributed by atoms with E-state index in [2.05, 4.69) is 15.5 Å². The Morgan fingerprint density at radius 1 is 1.00 bits per heavy atom. The highest BCUT2D eigenvalue weighted by Gasteiger charge is 2.13. The Bertz CT molecular complexity index is 1200. The number of esters is 1. The maximum Gasteiger partial charge on any atom is 0.325 e. The van der Waals surface area contributed by atoms with E-state index in [0.29, 0.717) is 11.1 Å². The first-order chi connectivity index (χ1) is 14.6. The van der Waals surface area contributed by atoms with Crippen LogP contribution in [0.5, 0.6) is 0 Å². The van der Waals surface area contributed by atoms with Crippen LogP contribution in [0.1, 0.15) is 16.2 Å². The van der Waals surface area contributed by atoms with Crippen molar-refractivity contribution in [1.29, 1.82) is 0 Å². The van der Waals surface area contributed by atoms with E-state index in [9.17, 15) is 14.0 Å². The van der Waals surface area contributed by atoms with Crippen LogP contribution < -0.4 is 5.32 Å². The number of rotatable bonds is 6. The molecule has 4 rings (SSSR count). The zero-order valence-corrected chi connectivity index (χ0v) is 15.7. The van der Waals surface area contributed by atoms with Gasteiger partial charge in [-0.1, -0.05) is 35.5 Å². The van der Waals surface area contributed by atoms with Gasteiger partial charge in [0.25, 0.3) is 11.8 Å².